The average molecular weight is 270 g/mol. The molecule has 0 fully saturated rings. The molecule has 2 aromatic rings. The van der Waals surface area contributed by atoms with Crippen molar-refractivity contribution in [3.05, 3.63) is 66.0 Å². The molecule has 1 amide bonds. The molecule has 0 saturated heterocycles. The van der Waals surface area contributed by atoms with Crippen LogP contribution in [-0.4, -0.2) is 17.0 Å². The van der Waals surface area contributed by atoms with Gasteiger partial charge in [-0.3, -0.25) is 9.78 Å². The van der Waals surface area contributed by atoms with Gasteiger partial charge in [-0.15, -0.1) is 0 Å². The molecule has 0 radical (unpaired) electrons. The largest absolute Gasteiger partial charge is 0.364 e. The Kier molecular flexibility index (Phi) is 5.26. The maximum atomic E-state index is 11.9. The minimum absolute atomic E-state index is 0.121. The Balaban J connectivity index is 1.75. The number of hydrogen-bond donors (Lipinski definition) is 1. The first kappa shape index (κ1) is 14.2. The van der Waals surface area contributed by atoms with Gasteiger partial charge in [-0.05, 0) is 24.1 Å². The lowest BCUT2D eigenvalue weighted by Crippen LogP contribution is -2.34. The quantitative estimate of drug-likeness (QED) is 0.876. The van der Waals surface area contributed by atoms with E-state index in [0.29, 0.717) is 13.2 Å². The maximum Gasteiger partial charge on any atom is 0.249 e. The predicted octanol–water partition coefficient (Wildman–Crippen LogP) is 2.30. The molecule has 104 valence electrons. The molecule has 1 unspecified atom stereocenters. The molecule has 0 bridgehead atoms. The fourth-order valence-electron chi connectivity index (χ4n) is 1.71. The van der Waals surface area contributed by atoms with Gasteiger partial charge in [0.05, 0.1) is 6.61 Å². The number of nitrogens with zero attached hydrogens (tertiary/aromatic N) is 1. The summed E-state index contributed by atoms with van der Waals surface area (Å²) in [6.07, 6.45) is 2.96. The summed E-state index contributed by atoms with van der Waals surface area (Å²) in [5, 5.41) is 2.83. The van der Waals surface area contributed by atoms with Crippen LogP contribution in [0.15, 0.2) is 54.9 Å². The summed E-state index contributed by atoms with van der Waals surface area (Å²) in [5.41, 5.74) is 2.02. The monoisotopic (exact) mass is 270 g/mol. The van der Waals surface area contributed by atoms with Gasteiger partial charge in [-0.1, -0.05) is 36.4 Å². The van der Waals surface area contributed by atoms with Crippen molar-refractivity contribution in [2.75, 3.05) is 0 Å². The lowest BCUT2D eigenvalue weighted by molar-refractivity contribution is -0.132. The van der Waals surface area contributed by atoms with Crippen molar-refractivity contribution in [2.24, 2.45) is 0 Å². The van der Waals surface area contributed by atoms with Crippen molar-refractivity contribution in [2.45, 2.75) is 26.2 Å². The second-order valence-electron chi connectivity index (χ2n) is 4.52. The van der Waals surface area contributed by atoms with Crippen molar-refractivity contribution in [1.29, 1.82) is 0 Å². The lowest BCUT2D eigenvalue weighted by Gasteiger charge is -2.13. The van der Waals surface area contributed by atoms with E-state index in [1.54, 1.807) is 19.3 Å². The fraction of sp³-hybridized carbons (Fsp3) is 0.250. The van der Waals surface area contributed by atoms with Gasteiger partial charge in [0.1, 0.15) is 6.10 Å². The van der Waals surface area contributed by atoms with Crippen molar-refractivity contribution in [1.82, 2.24) is 10.3 Å². The molecule has 0 spiro atoms. The van der Waals surface area contributed by atoms with Gasteiger partial charge in [0, 0.05) is 18.9 Å². The Morgan fingerprint density at radius 2 is 1.95 bits per heavy atom. The third-order valence-electron chi connectivity index (χ3n) is 2.90. The van der Waals surface area contributed by atoms with Crippen LogP contribution in [0.1, 0.15) is 18.1 Å². The van der Waals surface area contributed by atoms with Crippen LogP contribution in [0.5, 0.6) is 0 Å². The van der Waals surface area contributed by atoms with Gasteiger partial charge in [-0.25, -0.2) is 0 Å². The zero-order valence-electron chi connectivity index (χ0n) is 11.5. The number of rotatable bonds is 6. The van der Waals surface area contributed by atoms with Gasteiger partial charge in [0.2, 0.25) is 5.91 Å². The van der Waals surface area contributed by atoms with E-state index in [2.05, 4.69) is 10.3 Å². The second-order valence-corrected chi connectivity index (χ2v) is 4.52. The van der Waals surface area contributed by atoms with Gasteiger partial charge in [-0.2, -0.15) is 0 Å². The van der Waals surface area contributed by atoms with Gasteiger partial charge in [0.15, 0.2) is 0 Å². The Labute approximate surface area is 118 Å². The Morgan fingerprint density at radius 3 is 2.65 bits per heavy atom. The zero-order valence-corrected chi connectivity index (χ0v) is 11.5. The average Bonchev–Trinajstić information content (AvgIpc) is 2.52. The smallest absolute Gasteiger partial charge is 0.249 e. The van der Waals surface area contributed by atoms with E-state index in [-0.39, 0.29) is 5.91 Å². The summed E-state index contributed by atoms with van der Waals surface area (Å²) in [5.74, 6) is -0.121. The highest BCUT2D eigenvalue weighted by Gasteiger charge is 2.12. The summed E-state index contributed by atoms with van der Waals surface area (Å²) in [4.78, 5) is 15.9. The zero-order chi connectivity index (χ0) is 14.2. The molecule has 4 heteroatoms. The number of hydrogen-bond acceptors (Lipinski definition) is 3. The topological polar surface area (TPSA) is 51.2 Å². The highest BCUT2D eigenvalue weighted by Crippen LogP contribution is 2.03. The first-order chi connectivity index (χ1) is 9.75. The second kappa shape index (κ2) is 7.40. The van der Waals surface area contributed by atoms with Crippen LogP contribution in [0.25, 0.3) is 0 Å². The summed E-state index contributed by atoms with van der Waals surface area (Å²) >= 11 is 0. The van der Waals surface area contributed by atoms with Crippen LogP contribution >= 0.6 is 0 Å². The van der Waals surface area contributed by atoms with Crippen LogP contribution in [0.2, 0.25) is 0 Å². The molecule has 1 N–H and O–H groups in total. The summed E-state index contributed by atoms with van der Waals surface area (Å²) in [6, 6.07) is 13.6. The number of aromatic nitrogens is 1. The third-order valence-corrected chi connectivity index (χ3v) is 2.90. The molecular formula is C16H18N2O2. The van der Waals surface area contributed by atoms with E-state index in [1.165, 1.54) is 0 Å². The number of carbonyl (C=O) groups is 1. The molecule has 0 aliphatic carbocycles. The number of nitrogens with one attached hydrogen (secondary N) is 1. The molecule has 1 aromatic carbocycles. The minimum atomic E-state index is -0.480. The summed E-state index contributed by atoms with van der Waals surface area (Å²) in [7, 11) is 0. The molecule has 1 aromatic heterocycles. The van der Waals surface area contributed by atoms with E-state index in [1.807, 2.05) is 42.5 Å². The number of benzene rings is 1. The van der Waals surface area contributed by atoms with Crippen molar-refractivity contribution in [3.63, 3.8) is 0 Å². The minimum Gasteiger partial charge on any atom is -0.364 e. The van der Waals surface area contributed by atoms with Gasteiger partial charge >= 0.3 is 0 Å². The first-order valence-electron chi connectivity index (χ1n) is 6.58. The predicted molar refractivity (Wildman–Crippen MR) is 76.8 cm³/mol. The molecular weight excluding hydrogens is 252 g/mol. The van der Waals surface area contributed by atoms with Gasteiger partial charge in [0.25, 0.3) is 0 Å². The number of pyridine rings is 1. The van der Waals surface area contributed by atoms with Crippen molar-refractivity contribution in [3.8, 4) is 0 Å². The molecule has 0 aliphatic heterocycles. The Morgan fingerprint density at radius 1 is 1.20 bits per heavy atom. The van der Waals surface area contributed by atoms with E-state index >= 15 is 0 Å². The SMILES string of the molecule is CC(OCc1ccccc1)C(=O)NCc1cccnc1. The van der Waals surface area contributed by atoms with Crippen LogP contribution in [-0.2, 0) is 22.7 Å². The van der Waals surface area contributed by atoms with E-state index in [0.717, 1.165) is 11.1 Å². The molecule has 1 heterocycles. The third kappa shape index (κ3) is 4.48. The van der Waals surface area contributed by atoms with Crippen LogP contribution in [0, 0.1) is 0 Å². The van der Waals surface area contributed by atoms with E-state index < -0.39 is 6.10 Å². The maximum absolute atomic E-state index is 11.9. The van der Waals surface area contributed by atoms with Crippen LogP contribution in [0.3, 0.4) is 0 Å². The normalized spacial score (nSPS) is 11.8. The van der Waals surface area contributed by atoms with Crippen LogP contribution < -0.4 is 5.32 Å². The molecule has 0 aliphatic rings. The number of carbonyl (C=O) groups excluding carboxylic acids is 1. The molecule has 4 nitrogen and oxygen atoms in total. The van der Waals surface area contributed by atoms with Crippen molar-refractivity contribution >= 4 is 5.91 Å². The number of ether oxygens (including phenoxy) is 1. The summed E-state index contributed by atoms with van der Waals surface area (Å²) < 4.78 is 5.55. The lowest BCUT2D eigenvalue weighted by atomic mass is 10.2. The molecule has 1 atom stereocenters. The highest BCUT2D eigenvalue weighted by molar-refractivity contribution is 5.80. The molecule has 20 heavy (non-hydrogen) atoms. The van der Waals surface area contributed by atoms with Crippen LogP contribution in [0.4, 0.5) is 0 Å². The Bertz CT molecular complexity index is 529. The standard InChI is InChI=1S/C16H18N2O2/c1-13(20-12-14-6-3-2-4-7-14)16(19)18-11-15-8-5-9-17-10-15/h2-10,13H,11-12H2,1H3,(H,18,19). The van der Waals surface area contributed by atoms with E-state index in [9.17, 15) is 4.79 Å². The molecule has 2 rings (SSSR count). The molecule has 0 saturated carbocycles. The first-order valence-corrected chi connectivity index (χ1v) is 6.58. The highest BCUT2D eigenvalue weighted by atomic mass is 16.5. The summed E-state index contributed by atoms with van der Waals surface area (Å²) in [6.45, 7) is 2.65. The Hall–Kier alpha value is -2.20. The van der Waals surface area contributed by atoms with Crippen molar-refractivity contribution < 1.29 is 9.53 Å². The van der Waals surface area contributed by atoms with Gasteiger partial charge < -0.3 is 10.1 Å². The van der Waals surface area contributed by atoms with E-state index in [4.69, 9.17) is 4.74 Å². The number of amides is 1. The fourth-order valence-corrected chi connectivity index (χ4v) is 1.71.